The summed E-state index contributed by atoms with van der Waals surface area (Å²) in [5, 5.41) is 1.02. The molecule has 0 aliphatic rings. The Balaban J connectivity index is 2.28. The second-order valence-corrected chi connectivity index (χ2v) is 5.46. The SMILES string of the molecule is Fc1cc(CBr)ccc1Oc1ccc(Br)cc1Cl. The molecule has 0 aromatic heterocycles. The quantitative estimate of drug-likeness (QED) is 0.587. The van der Waals surface area contributed by atoms with E-state index in [0.717, 1.165) is 10.0 Å². The van der Waals surface area contributed by atoms with E-state index >= 15 is 0 Å². The summed E-state index contributed by atoms with van der Waals surface area (Å²) in [6.07, 6.45) is 0. The molecule has 18 heavy (non-hydrogen) atoms. The molecule has 0 N–H and O–H groups in total. The first-order valence-corrected chi connectivity index (χ1v) is 7.36. The van der Waals surface area contributed by atoms with E-state index in [1.807, 2.05) is 0 Å². The lowest BCUT2D eigenvalue weighted by Gasteiger charge is -2.09. The first-order chi connectivity index (χ1) is 8.60. The predicted octanol–water partition coefficient (Wildman–Crippen LogP) is 5.93. The lowest BCUT2D eigenvalue weighted by Crippen LogP contribution is -1.90. The van der Waals surface area contributed by atoms with Crippen molar-refractivity contribution in [2.24, 2.45) is 0 Å². The maximum Gasteiger partial charge on any atom is 0.166 e. The van der Waals surface area contributed by atoms with Crippen molar-refractivity contribution in [3.05, 3.63) is 57.3 Å². The highest BCUT2D eigenvalue weighted by atomic mass is 79.9. The lowest BCUT2D eigenvalue weighted by atomic mass is 10.2. The Hall–Kier alpha value is -0.580. The van der Waals surface area contributed by atoms with Gasteiger partial charge in [-0.25, -0.2) is 4.39 Å². The van der Waals surface area contributed by atoms with Gasteiger partial charge in [-0.15, -0.1) is 0 Å². The first-order valence-electron chi connectivity index (χ1n) is 5.07. The molecule has 0 aliphatic heterocycles. The van der Waals surface area contributed by atoms with Gasteiger partial charge >= 0.3 is 0 Å². The molecule has 0 radical (unpaired) electrons. The van der Waals surface area contributed by atoms with Gasteiger partial charge in [-0.05, 0) is 35.9 Å². The highest BCUT2D eigenvalue weighted by Crippen LogP contribution is 2.33. The van der Waals surface area contributed by atoms with Gasteiger partial charge in [0.25, 0.3) is 0 Å². The Kier molecular flexibility index (Phi) is 4.65. The Morgan fingerprint density at radius 3 is 2.44 bits per heavy atom. The second-order valence-electron chi connectivity index (χ2n) is 3.58. The molecule has 1 nitrogen and oxygen atoms in total. The van der Waals surface area contributed by atoms with Crippen LogP contribution in [0.5, 0.6) is 11.5 Å². The number of rotatable bonds is 3. The monoisotopic (exact) mass is 392 g/mol. The molecule has 0 heterocycles. The molecule has 94 valence electrons. The maximum absolute atomic E-state index is 13.7. The van der Waals surface area contributed by atoms with Gasteiger partial charge in [-0.1, -0.05) is 49.5 Å². The Labute approximate surface area is 126 Å². The molecule has 0 spiro atoms. The number of hydrogen-bond donors (Lipinski definition) is 0. The fourth-order valence-electron chi connectivity index (χ4n) is 1.39. The molecular formula is C13H8Br2ClFO. The van der Waals surface area contributed by atoms with E-state index in [-0.39, 0.29) is 5.75 Å². The smallest absolute Gasteiger partial charge is 0.166 e. The van der Waals surface area contributed by atoms with Gasteiger partial charge in [-0.3, -0.25) is 0 Å². The van der Waals surface area contributed by atoms with Crippen LogP contribution in [0.15, 0.2) is 40.9 Å². The average molecular weight is 394 g/mol. The van der Waals surface area contributed by atoms with E-state index in [2.05, 4.69) is 31.9 Å². The number of alkyl halides is 1. The van der Waals surface area contributed by atoms with Crippen LogP contribution in [0.1, 0.15) is 5.56 Å². The van der Waals surface area contributed by atoms with Crippen molar-refractivity contribution < 1.29 is 9.13 Å². The van der Waals surface area contributed by atoms with Crippen molar-refractivity contribution in [1.29, 1.82) is 0 Å². The van der Waals surface area contributed by atoms with Gasteiger partial charge in [0.1, 0.15) is 5.75 Å². The topological polar surface area (TPSA) is 9.23 Å². The highest BCUT2D eigenvalue weighted by Gasteiger charge is 2.08. The second kappa shape index (κ2) is 6.04. The van der Waals surface area contributed by atoms with Crippen LogP contribution in [-0.4, -0.2) is 0 Å². The first kappa shape index (κ1) is 13.8. The Bertz CT molecular complexity index is 575. The number of halogens is 4. The summed E-state index contributed by atoms with van der Waals surface area (Å²) in [5.74, 6) is 0.167. The van der Waals surface area contributed by atoms with E-state index in [0.29, 0.717) is 16.1 Å². The van der Waals surface area contributed by atoms with Gasteiger partial charge in [0.15, 0.2) is 11.6 Å². The van der Waals surface area contributed by atoms with E-state index in [9.17, 15) is 4.39 Å². The van der Waals surface area contributed by atoms with Crippen molar-refractivity contribution in [2.75, 3.05) is 0 Å². The minimum absolute atomic E-state index is 0.156. The van der Waals surface area contributed by atoms with Crippen LogP contribution >= 0.6 is 43.5 Å². The fraction of sp³-hybridized carbons (Fsp3) is 0.0769. The van der Waals surface area contributed by atoms with E-state index in [1.54, 1.807) is 30.3 Å². The minimum Gasteiger partial charge on any atom is -0.453 e. The Morgan fingerprint density at radius 1 is 1.11 bits per heavy atom. The highest BCUT2D eigenvalue weighted by molar-refractivity contribution is 9.10. The molecule has 5 heteroatoms. The van der Waals surface area contributed by atoms with E-state index < -0.39 is 5.82 Å². The van der Waals surface area contributed by atoms with Crippen LogP contribution in [-0.2, 0) is 5.33 Å². The molecule has 0 atom stereocenters. The molecule has 0 saturated heterocycles. The third kappa shape index (κ3) is 3.25. The molecule has 0 aliphatic carbocycles. The summed E-state index contributed by atoms with van der Waals surface area (Å²) in [6, 6.07) is 9.97. The lowest BCUT2D eigenvalue weighted by molar-refractivity contribution is 0.442. The molecule has 2 aromatic carbocycles. The fourth-order valence-corrected chi connectivity index (χ4v) is 2.45. The zero-order valence-electron chi connectivity index (χ0n) is 9.09. The maximum atomic E-state index is 13.7. The average Bonchev–Trinajstić information content (AvgIpc) is 2.34. The van der Waals surface area contributed by atoms with Gasteiger partial charge in [0, 0.05) is 9.80 Å². The van der Waals surface area contributed by atoms with Crippen LogP contribution < -0.4 is 4.74 Å². The molecule has 0 amide bonds. The van der Waals surface area contributed by atoms with Gasteiger partial charge in [0.2, 0.25) is 0 Å². The summed E-state index contributed by atoms with van der Waals surface area (Å²) in [7, 11) is 0. The van der Waals surface area contributed by atoms with Crippen LogP contribution in [0.2, 0.25) is 5.02 Å². The molecule has 0 fully saturated rings. The number of hydrogen-bond acceptors (Lipinski definition) is 1. The van der Waals surface area contributed by atoms with E-state index in [1.165, 1.54) is 6.07 Å². The molecule has 2 aromatic rings. The largest absolute Gasteiger partial charge is 0.453 e. The minimum atomic E-state index is -0.411. The number of ether oxygens (including phenoxy) is 1. The standard InChI is InChI=1S/C13H8Br2ClFO/c14-7-8-1-3-13(11(17)5-8)18-12-4-2-9(15)6-10(12)16/h1-6H,7H2. The molecule has 2 rings (SSSR count). The van der Waals surface area contributed by atoms with Crippen LogP contribution in [0, 0.1) is 5.82 Å². The molecule has 0 saturated carbocycles. The summed E-state index contributed by atoms with van der Waals surface area (Å²) in [4.78, 5) is 0. The Morgan fingerprint density at radius 2 is 1.83 bits per heavy atom. The van der Waals surface area contributed by atoms with E-state index in [4.69, 9.17) is 16.3 Å². The summed E-state index contributed by atoms with van der Waals surface area (Å²) < 4.78 is 20.0. The van der Waals surface area contributed by atoms with Crippen molar-refractivity contribution in [3.8, 4) is 11.5 Å². The van der Waals surface area contributed by atoms with Crippen molar-refractivity contribution >= 4 is 43.5 Å². The molecule has 0 unspecified atom stereocenters. The molecule has 0 bridgehead atoms. The molecular weight excluding hydrogens is 386 g/mol. The normalized spacial score (nSPS) is 10.4. The van der Waals surface area contributed by atoms with Crippen LogP contribution in [0.4, 0.5) is 4.39 Å². The third-order valence-electron chi connectivity index (χ3n) is 2.26. The summed E-state index contributed by atoms with van der Waals surface area (Å²) >= 11 is 12.6. The van der Waals surface area contributed by atoms with Crippen LogP contribution in [0.3, 0.4) is 0 Å². The van der Waals surface area contributed by atoms with Crippen molar-refractivity contribution in [3.63, 3.8) is 0 Å². The predicted molar refractivity (Wildman–Crippen MR) is 78.3 cm³/mol. The van der Waals surface area contributed by atoms with Gasteiger partial charge < -0.3 is 4.74 Å². The van der Waals surface area contributed by atoms with Gasteiger partial charge in [-0.2, -0.15) is 0 Å². The van der Waals surface area contributed by atoms with Gasteiger partial charge in [0.05, 0.1) is 5.02 Å². The summed E-state index contributed by atoms with van der Waals surface area (Å²) in [5.41, 5.74) is 0.849. The summed E-state index contributed by atoms with van der Waals surface area (Å²) in [6.45, 7) is 0. The van der Waals surface area contributed by atoms with Crippen molar-refractivity contribution in [1.82, 2.24) is 0 Å². The van der Waals surface area contributed by atoms with Crippen molar-refractivity contribution in [2.45, 2.75) is 5.33 Å². The zero-order chi connectivity index (χ0) is 13.1. The third-order valence-corrected chi connectivity index (χ3v) is 3.70. The zero-order valence-corrected chi connectivity index (χ0v) is 13.0. The number of benzene rings is 2. The van der Waals surface area contributed by atoms with Crippen LogP contribution in [0.25, 0.3) is 0 Å².